The van der Waals surface area contributed by atoms with Crippen LogP contribution in [0.4, 0.5) is 11.4 Å². The highest BCUT2D eigenvalue weighted by Crippen LogP contribution is 2.41. The SMILES string of the molecule is CC(=O)N1c2ccc(-c3ccc(C(=O)C(C)C)cc3)cc2[C@H](Nc2ccc(C)cc2)C[C@@H]1C. The van der Waals surface area contributed by atoms with Crippen LogP contribution in [-0.4, -0.2) is 17.7 Å². The molecule has 170 valence electrons. The summed E-state index contributed by atoms with van der Waals surface area (Å²) >= 11 is 0. The summed E-state index contributed by atoms with van der Waals surface area (Å²) in [6.45, 7) is 9.66. The Hall–Kier alpha value is -3.40. The summed E-state index contributed by atoms with van der Waals surface area (Å²) in [5, 5.41) is 3.69. The van der Waals surface area contributed by atoms with Crippen molar-refractivity contribution in [2.24, 2.45) is 5.92 Å². The number of hydrogen-bond donors (Lipinski definition) is 1. The number of amides is 1. The Morgan fingerprint density at radius 3 is 2.18 bits per heavy atom. The van der Waals surface area contributed by atoms with Crippen LogP contribution in [0, 0.1) is 12.8 Å². The molecule has 1 N–H and O–H groups in total. The third-order valence-corrected chi connectivity index (χ3v) is 6.44. The van der Waals surface area contributed by atoms with Crippen LogP contribution < -0.4 is 10.2 Å². The van der Waals surface area contributed by atoms with Gasteiger partial charge >= 0.3 is 0 Å². The molecule has 0 radical (unpaired) electrons. The molecule has 0 aliphatic carbocycles. The van der Waals surface area contributed by atoms with E-state index in [4.69, 9.17) is 0 Å². The third kappa shape index (κ3) is 4.70. The second kappa shape index (κ2) is 9.22. The second-order valence-corrected chi connectivity index (χ2v) is 9.41. The van der Waals surface area contributed by atoms with Gasteiger partial charge in [0.15, 0.2) is 5.78 Å². The Morgan fingerprint density at radius 1 is 0.939 bits per heavy atom. The lowest BCUT2D eigenvalue weighted by atomic mass is 9.88. The minimum atomic E-state index is -0.0206. The van der Waals surface area contributed by atoms with Gasteiger partial charge in [0, 0.05) is 35.8 Å². The number of carbonyl (C=O) groups excluding carboxylic acids is 2. The topological polar surface area (TPSA) is 49.4 Å². The number of carbonyl (C=O) groups is 2. The van der Waals surface area contributed by atoms with E-state index in [2.05, 4.69) is 61.6 Å². The van der Waals surface area contributed by atoms with E-state index in [-0.39, 0.29) is 29.7 Å². The van der Waals surface area contributed by atoms with Gasteiger partial charge in [0.05, 0.1) is 6.04 Å². The third-order valence-electron chi connectivity index (χ3n) is 6.44. The molecule has 0 saturated carbocycles. The Bertz CT molecular complexity index is 1160. The molecule has 1 heterocycles. The van der Waals surface area contributed by atoms with E-state index in [1.54, 1.807) is 6.92 Å². The maximum absolute atomic E-state index is 12.5. The molecule has 1 aliphatic heterocycles. The predicted molar refractivity (Wildman–Crippen MR) is 136 cm³/mol. The molecule has 2 atom stereocenters. The first kappa shape index (κ1) is 22.8. The zero-order chi connectivity index (χ0) is 23.7. The van der Waals surface area contributed by atoms with E-state index in [1.165, 1.54) is 5.56 Å². The summed E-state index contributed by atoms with van der Waals surface area (Å²) in [6, 6.07) is 22.7. The van der Waals surface area contributed by atoms with Gasteiger partial charge in [0.2, 0.25) is 5.91 Å². The molecule has 0 unspecified atom stereocenters. The highest BCUT2D eigenvalue weighted by Gasteiger charge is 2.32. The van der Waals surface area contributed by atoms with Gasteiger partial charge in [-0.05, 0) is 61.2 Å². The number of nitrogens with zero attached hydrogens (tertiary/aromatic N) is 1. The number of ketones is 1. The van der Waals surface area contributed by atoms with Gasteiger partial charge in [-0.1, -0.05) is 61.9 Å². The van der Waals surface area contributed by atoms with Crippen LogP contribution >= 0.6 is 0 Å². The lowest BCUT2D eigenvalue weighted by molar-refractivity contribution is -0.117. The first-order valence-corrected chi connectivity index (χ1v) is 11.7. The summed E-state index contributed by atoms with van der Waals surface area (Å²) < 4.78 is 0. The number of Topliss-reactive ketones (excluding diaryl/α,β-unsaturated/α-hetero) is 1. The monoisotopic (exact) mass is 440 g/mol. The van der Waals surface area contributed by atoms with Gasteiger partial charge in [-0.25, -0.2) is 0 Å². The minimum Gasteiger partial charge on any atom is -0.378 e. The van der Waals surface area contributed by atoms with Crippen LogP contribution in [0.2, 0.25) is 0 Å². The number of aryl methyl sites for hydroxylation is 1. The highest BCUT2D eigenvalue weighted by molar-refractivity contribution is 5.98. The van der Waals surface area contributed by atoms with Crippen molar-refractivity contribution in [3.63, 3.8) is 0 Å². The van der Waals surface area contributed by atoms with Gasteiger partial charge in [-0.3, -0.25) is 9.59 Å². The molecule has 0 fully saturated rings. The molecule has 4 rings (SSSR count). The van der Waals surface area contributed by atoms with Crippen LogP contribution in [0.25, 0.3) is 11.1 Å². The zero-order valence-corrected chi connectivity index (χ0v) is 20.1. The van der Waals surface area contributed by atoms with Gasteiger partial charge in [0.25, 0.3) is 0 Å². The highest BCUT2D eigenvalue weighted by atomic mass is 16.2. The average molecular weight is 441 g/mol. The average Bonchev–Trinajstić information content (AvgIpc) is 2.79. The quantitative estimate of drug-likeness (QED) is 0.444. The fraction of sp³-hybridized carbons (Fsp3) is 0.310. The molecular weight excluding hydrogens is 408 g/mol. The van der Waals surface area contributed by atoms with E-state index in [0.29, 0.717) is 0 Å². The van der Waals surface area contributed by atoms with Gasteiger partial charge < -0.3 is 10.2 Å². The maximum Gasteiger partial charge on any atom is 0.224 e. The van der Waals surface area contributed by atoms with E-state index < -0.39 is 0 Å². The summed E-state index contributed by atoms with van der Waals surface area (Å²) in [7, 11) is 0. The number of anilines is 2. The van der Waals surface area contributed by atoms with Crippen LogP contribution in [0.1, 0.15) is 61.6 Å². The van der Waals surface area contributed by atoms with E-state index in [9.17, 15) is 9.59 Å². The maximum atomic E-state index is 12.5. The first-order chi connectivity index (χ1) is 15.7. The lowest BCUT2D eigenvalue weighted by Gasteiger charge is -2.39. The lowest BCUT2D eigenvalue weighted by Crippen LogP contribution is -2.43. The summed E-state index contributed by atoms with van der Waals surface area (Å²) in [6.07, 6.45) is 0.825. The molecule has 3 aromatic carbocycles. The minimum absolute atomic E-state index is 0.0206. The Morgan fingerprint density at radius 2 is 1.58 bits per heavy atom. The van der Waals surface area contributed by atoms with Crippen molar-refractivity contribution in [1.29, 1.82) is 0 Å². The first-order valence-electron chi connectivity index (χ1n) is 11.7. The molecule has 0 saturated heterocycles. The van der Waals surface area contributed by atoms with Crippen molar-refractivity contribution in [2.45, 2.75) is 53.1 Å². The molecule has 1 aliphatic rings. The fourth-order valence-electron chi connectivity index (χ4n) is 4.67. The Labute approximate surface area is 196 Å². The normalized spacial score (nSPS) is 17.6. The molecule has 0 aromatic heterocycles. The smallest absolute Gasteiger partial charge is 0.224 e. The number of hydrogen-bond acceptors (Lipinski definition) is 3. The van der Waals surface area contributed by atoms with Crippen molar-refractivity contribution in [3.8, 4) is 11.1 Å². The van der Waals surface area contributed by atoms with E-state index >= 15 is 0 Å². The molecule has 33 heavy (non-hydrogen) atoms. The van der Waals surface area contributed by atoms with E-state index in [1.807, 2.05) is 43.0 Å². The molecule has 0 spiro atoms. The van der Waals surface area contributed by atoms with Gasteiger partial charge in [-0.2, -0.15) is 0 Å². The van der Waals surface area contributed by atoms with Crippen LogP contribution in [0.3, 0.4) is 0 Å². The molecular formula is C29H32N2O2. The van der Waals surface area contributed by atoms with E-state index in [0.717, 1.165) is 40.0 Å². The van der Waals surface area contributed by atoms with Crippen molar-refractivity contribution < 1.29 is 9.59 Å². The molecule has 0 bridgehead atoms. The van der Waals surface area contributed by atoms with Gasteiger partial charge in [-0.15, -0.1) is 0 Å². The summed E-state index contributed by atoms with van der Waals surface area (Å²) in [4.78, 5) is 26.7. The van der Waals surface area contributed by atoms with Gasteiger partial charge in [0.1, 0.15) is 0 Å². The van der Waals surface area contributed by atoms with Crippen LogP contribution in [-0.2, 0) is 4.79 Å². The molecule has 1 amide bonds. The van der Waals surface area contributed by atoms with Crippen LogP contribution in [0.5, 0.6) is 0 Å². The Balaban J connectivity index is 1.72. The predicted octanol–water partition coefficient (Wildman–Crippen LogP) is 6.80. The standard InChI is InChI=1S/C29H32N2O2/c1-18(2)29(33)23-10-8-22(9-11-23)24-12-15-28-26(17-24)27(16-20(4)31(28)21(5)32)30-25-13-6-19(3)7-14-25/h6-15,17-18,20,27,30H,16H2,1-5H3/t20-,27+/m0/s1. The largest absolute Gasteiger partial charge is 0.378 e. The van der Waals surface area contributed by atoms with Crippen LogP contribution in [0.15, 0.2) is 66.7 Å². The second-order valence-electron chi connectivity index (χ2n) is 9.41. The van der Waals surface area contributed by atoms with Crippen molar-refractivity contribution >= 4 is 23.1 Å². The molecule has 4 heteroatoms. The number of nitrogens with one attached hydrogen (secondary N) is 1. The summed E-state index contributed by atoms with van der Waals surface area (Å²) in [5.74, 6) is 0.190. The number of rotatable bonds is 5. The Kier molecular flexibility index (Phi) is 6.37. The number of benzene rings is 3. The van der Waals surface area contributed by atoms with Crippen molar-refractivity contribution in [1.82, 2.24) is 0 Å². The molecule has 3 aromatic rings. The van der Waals surface area contributed by atoms with Crippen molar-refractivity contribution in [2.75, 3.05) is 10.2 Å². The number of fused-ring (bicyclic) bond motifs is 1. The molecule has 4 nitrogen and oxygen atoms in total. The fourth-order valence-corrected chi connectivity index (χ4v) is 4.67. The zero-order valence-electron chi connectivity index (χ0n) is 20.1. The van der Waals surface area contributed by atoms with Crippen molar-refractivity contribution in [3.05, 3.63) is 83.4 Å². The summed E-state index contributed by atoms with van der Waals surface area (Å²) in [5.41, 5.74) is 7.24.